The summed E-state index contributed by atoms with van der Waals surface area (Å²) in [6.07, 6.45) is 0. The lowest BCUT2D eigenvalue weighted by molar-refractivity contribution is 0.600. The number of nitrogens with one attached hydrogen (secondary N) is 1. The van der Waals surface area contributed by atoms with Gasteiger partial charge in [-0.2, -0.15) is 0 Å². The number of hydrogen-bond donors (Lipinski definition) is 1. The van der Waals surface area contributed by atoms with Crippen LogP contribution >= 0.6 is 15.9 Å². The summed E-state index contributed by atoms with van der Waals surface area (Å²) in [6.45, 7) is 3.66. The molecule has 2 aromatic rings. The third-order valence-electron chi connectivity index (χ3n) is 2.71. The van der Waals surface area contributed by atoms with Gasteiger partial charge in [0.05, 0.1) is 4.90 Å². The molecule has 0 fully saturated rings. The van der Waals surface area contributed by atoms with Crippen LogP contribution < -0.4 is 4.72 Å². The zero-order chi connectivity index (χ0) is 14.0. The predicted molar refractivity (Wildman–Crippen MR) is 80.9 cm³/mol. The smallest absolute Gasteiger partial charge is 0.262 e. The minimum Gasteiger partial charge on any atom is -0.280 e. The summed E-state index contributed by atoms with van der Waals surface area (Å²) in [6, 6.07) is 12.4. The highest BCUT2D eigenvalue weighted by Gasteiger charge is 2.17. The van der Waals surface area contributed by atoms with Crippen molar-refractivity contribution in [3.05, 3.63) is 58.1 Å². The molecule has 0 aliphatic heterocycles. The van der Waals surface area contributed by atoms with E-state index in [1.165, 1.54) is 0 Å². The molecule has 0 radical (unpaired) electrons. The van der Waals surface area contributed by atoms with Crippen LogP contribution in [0.25, 0.3) is 0 Å². The Bertz CT molecular complexity index is 711. The van der Waals surface area contributed by atoms with Crippen LogP contribution in [0, 0.1) is 13.8 Å². The second kappa shape index (κ2) is 5.35. The highest BCUT2D eigenvalue weighted by atomic mass is 79.9. The number of aryl methyl sites for hydroxylation is 2. The molecule has 5 heteroatoms. The van der Waals surface area contributed by atoms with Crippen LogP contribution in [0.2, 0.25) is 0 Å². The first-order valence-corrected chi connectivity index (χ1v) is 8.02. The lowest BCUT2D eigenvalue weighted by atomic mass is 10.2. The average Bonchev–Trinajstić information content (AvgIpc) is 2.31. The van der Waals surface area contributed by atoms with Crippen molar-refractivity contribution in [1.29, 1.82) is 0 Å². The normalized spacial score (nSPS) is 11.3. The number of anilines is 1. The van der Waals surface area contributed by atoms with Crippen molar-refractivity contribution in [3.63, 3.8) is 0 Å². The summed E-state index contributed by atoms with van der Waals surface area (Å²) >= 11 is 3.32. The van der Waals surface area contributed by atoms with Gasteiger partial charge in [0.1, 0.15) is 0 Å². The first kappa shape index (κ1) is 14.1. The number of sulfonamides is 1. The third kappa shape index (κ3) is 3.36. The SMILES string of the molecule is Cc1ccc(C)c(S(=O)(=O)Nc2cccc(Br)c2)c1. The maximum atomic E-state index is 12.4. The lowest BCUT2D eigenvalue weighted by Crippen LogP contribution is -2.14. The molecule has 0 saturated heterocycles. The summed E-state index contributed by atoms with van der Waals surface area (Å²) in [5.41, 5.74) is 2.18. The molecular formula is C14H14BrNO2S. The highest BCUT2D eigenvalue weighted by Crippen LogP contribution is 2.22. The molecule has 0 aromatic heterocycles. The fourth-order valence-corrected chi connectivity index (χ4v) is 3.54. The largest absolute Gasteiger partial charge is 0.280 e. The molecule has 0 heterocycles. The van der Waals surface area contributed by atoms with Gasteiger partial charge < -0.3 is 0 Å². The van der Waals surface area contributed by atoms with E-state index >= 15 is 0 Å². The summed E-state index contributed by atoms with van der Waals surface area (Å²) in [5, 5.41) is 0. The van der Waals surface area contributed by atoms with Gasteiger partial charge in [0.15, 0.2) is 0 Å². The molecule has 0 bridgehead atoms. The Morgan fingerprint density at radius 3 is 2.47 bits per heavy atom. The molecule has 0 atom stereocenters. The van der Waals surface area contributed by atoms with E-state index < -0.39 is 10.0 Å². The Labute approximate surface area is 121 Å². The van der Waals surface area contributed by atoms with Gasteiger partial charge in [-0.25, -0.2) is 8.42 Å². The topological polar surface area (TPSA) is 46.2 Å². The number of rotatable bonds is 3. The molecule has 0 aliphatic carbocycles. The third-order valence-corrected chi connectivity index (χ3v) is 4.73. The first-order chi connectivity index (χ1) is 8.88. The zero-order valence-corrected chi connectivity index (χ0v) is 13.0. The minimum absolute atomic E-state index is 0.312. The Balaban J connectivity index is 2.40. The molecule has 0 spiro atoms. The van der Waals surface area contributed by atoms with Crippen molar-refractivity contribution in [1.82, 2.24) is 0 Å². The Morgan fingerprint density at radius 2 is 1.79 bits per heavy atom. The number of benzene rings is 2. The van der Waals surface area contributed by atoms with E-state index in [4.69, 9.17) is 0 Å². The molecule has 0 amide bonds. The predicted octanol–water partition coefficient (Wildman–Crippen LogP) is 3.87. The van der Waals surface area contributed by atoms with Crippen LogP contribution in [-0.4, -0.2) is 8.42 Å². The lowest BCUT2D eigenvalue weighted by Gasteiger charge is -2.11. The molecule has 0 unspecified atom stereocenters. The van der Waals surface area contributed by atoms with Gasteiger partial charge in [-0.15, -0.1) is 0 Å². The van der Waals surface area contributed by atoms with Crippen LogP contribution in [0.15, 0.2) is 51.8 Å². The Kier molecular flexibility index (Phi) is 3.96. The van der Waals surface area contributed by atoms with Crippen LogP contribution in [0.1, 0.15) is 11.1 Å². The molecule has 2 rings (SSSR count). The Hall–Kier alpha value is -1.33. The standard InChI is InChI=1S/C14H14BrNO2S/c1-10-6-7-11(2)14(8-10)19(17,18)16-13-5-3-4-12(15)9-13/h3-9,16H,1-2H3. The van der Waals surface area contributed by atoms with Crippen molar-refractivity contribution in [2.75, 3.05) is 4.72 Å². The molecule has 0 aliphatic rings. The fraction of sp³-hybridized carbons (Fsp3) is 0.143. The molecule has 2 aromatic carbocycles. The van der Waals surface area contributed by atoms with Gasteiger partial charge in [-0.05, 0) is 49.2 Å². The van der Waals surface area contributed by atoms with Gasteiger partial charge in [0.25, 0.3) is 10.0 Å². The van der Waals surface area contributed by atoms with Gasteiger partial charge >= 0.3 is 0 Å². The van der Waals surface area contributed by atoms with E-state index in [2.05, 4.69) is 20.7 Å². The van der Waals surface area contributed by atoms with E-state index in [-0.39, 0.29) is 0 Å². The van der Waals surface area contributed by atoms with Crippen LogP contribution in [-0.2, 0) is 10.0 Å². The molecule has 0 saturated carbocycles. The second-order valence-corrected chi connectivity index (χ2v) is 6.95. The molecule has 100 valence electrons. The van der Waals surface area contributed by atoms with Gasteiger partial charge in [-0.1, -0.05) is 34.1 Å². The van der Waals surface area contributed by atoms with E-state index in [0.29, 0.717) is 10.6 Å². The Morgan fingerprint density at radius 1 is 1.05 bits per heavy atom. The average molecular weight is 340 g/mol. The summed E-state index contributed by atoms with van der Waals surface area (Å²) < 4.78 is 28.1. The molecule has 1 N–H and O–H groups in total. The monoisotopic (exact) mass is 339 g/mol. The fourth-order valence-electron chi connectivity index (χ4n) is 1.76. The van der Waals surface area contributed by atoms with Crippen LogP contribution in [0.4, 0.5) is 5.69 Å². The summed E-state index contributed by atoms with van der Waals surface area (Å²) in [7, 11) is -3.55. The second-order valence-electron chi connectivity index (χ2n) is 4.38. The molecule has 19 heavy (non-hydrogen) atoms. The van der Waals surface area contributed by atoms with Gasteiger partial charge in [-0.3, -0.25) is 4.72 Å². The van der Waals surface area contributed by atoms with Crippen molar-refractivity contribution < 1.29 is 8.42 Å². The highest BCUT2D eigenvalue weighted by molar-refractivity contribution is 9.10. The van der Waals surface area contributed by atoms with Gasteiger partial charge in [0.2, 0.25) is 0 Å². The molecular weight excluding hydrogens is 326 g/mol. The van der Waals surface area contributed by atoms with E-state index in [1.807, 2.05) is 25.1 Å². The van der Waals surface area contributed by atoms with Crippen LogP contribution in [0.3, 0.4) is 0 Å². The number of hydrogen-bond acceptors (Lipinski definition) is 2. The summed E-state index contributed by atoms with van der Waals surface area (Å²) in [4.78, 5) is 0.312. The quantitative estimate of drug-likeness (QED) is 0.922. The maximum absolute atomic E-state index is 12.4. The van der Waals surface area contributed by atoms with E-state index in [1.54, 1.807) is 31.2 Å². The summed E-state index contributed by atoms with van der Waals surface area (Å²) in [5.74, 6) is 0. The van der Waals surface area contributed by atoms with E-state index in [9.17, 15) is 8.42 Å². The van der Waals surface area contributed by atoms with Crippen molar-refractivity contribution in [2.45, 2.75) is 18.7 Å². The van der Waals surface area contributed by atoms with Crippen molar-refractivity contribution in [3.8, 4) is 0 Å². The van der Waals surface area contributed by atoms with Crippen molar-refractivity contribution >= 4 is 31.6 Å². The zero-order valence-electron chi connectivity index (χ0n) is 10.6. The first-order valence-electron chi connectivity index (χ1n) is 5.74. The van der Waals surface area contributed by atoms with Crippen molar-refractivity contribution in [2.24, 2.45) is 0 Å². The van der Waals surface area contributed by atoms with E-state index in [0.717, 1.165) is 15.6 Å². The maximum Gasteiger partial charge on any atom is 0.262 e. The number of halogens is 1. The van der Waals surface area contributed by atoms with Crippen LogP contribution in [0.5, 0.6) is 0 Å². The van der Waals surface area contributed by atoms with Gasteiger partial charge in [0, 0.05) is 10.2 Å². The minimum atomic E-state index is -3.55. The molecule has 3 nitrogen and oxygen atoms in total.